The monoisotopic (exact) mass is 330 g/mol. The lowest BCUT2D eigenvalue weighted by molar-refractivity contribution is -0.133. The first-order valence-corrected chi connectivity index (χ1v) is 8.33. The molecule has 1 aliphatic heterocycles. The van der Waals surface area contributed by atoms with Crippen LogP contribution in [0.2, 0.25) is 0 Å². The Labute approximate surface area is 141 Å². The number of carbonyl (C=O) groups excluding carboxylic acids is 1. The van der Waals surface area contributed by atoms with Gasteiger partial charge in [-0.3, -0.25) is 4.79 Å². The van der Waals surface area contributed by atoms with E-state index >= 15 is 0 Å². The van der Waals surface area contributed by atoms with Crippen molar-refractivity contribution in [1.29, 1.82) is 0 Å². The molecule has 1 atom stereocenters. The molecule has 1 aromatic carbocycles. The van der Waals surface area contributed by atoms with Gasteiger partial charge in [0, 0.05) is 56.1 Å². The summed E-state index contributed by atoms with van der Waals surface area (Å²) in [6.45, 7) is 6.09. The van der Waals surface area contributed by atoms with Crippen molar-refractivity contribution in [2.24, 2.45) is 0 Å². The van der Waals surface area contributed by atoms with E-state index in [1.807, 2.05) is 24.8 Å². The lowest BCUT2D eigenvalue weighted by Gasteiger charge is -2.41. The Morgan fingerprint density at radius 2 is 2.25 bits per heavy atom. The van der Waals surface area contributed by atoms with Gasteiger partial charge in [0.1, 0.15) is 11.6 Å². The quantitative estimate of drug-likeness (QED) is 0.937. The first-order chi connectivity index (χ1) is 11.5. The second kappa shape index (κ2) is 7.03. The molecule has 128 valence electrons. The number of hydrogen-bond donors (Lipinski definition) is 1. The number of anilines is 1. The van der Waals surface area contributed by atoms with Gasteiger partial charge in [0.25, 0.3) is 0 Å². The molecule has 1 fully saturated rings. The van der Waals surface area contributed by atoms with Crippen molar-refractivity contribution < 1.29 is 9.18 Å². The minimum absolute atomic E-state index is 0.104. The van der Waals surface area contributed by atoms with E-state index in [-0.39, 0.29) is 17.8 Å². The minimum atomic E-state index is -0.229. The summed E-state index contributed by atoms with van der Waals surface area (Å²) < 4.78 is 13.4. The number of imidazole rings is 1. The number of halogens is 1. The second-order valence-electron chi connectivity index (χ2n) is 6.37. The largest absolute Gasteiger partial charge is 0.368 e. The molecule has 2 heterocycles. The van der Waals surface area contributed by atoms with Crippen LogP contribution in [-0.2, 0) is 11.2 Å². The maximum atomic E-state index is 13.4. The lowest BCUT2D eigenvalue weighted by Crippen LogP contribution is -2.54. The summed E-state index contributed by atoms with van der Waals surface area (Å²) in [7, 11) is 0. The molecule has 5 nitrogen and oxygen atoms in total. The van der Waals surface area contributed by atoms with Crippen molar-refractivity contribution in [2.45, 2.75) is 32.7 Å². The molecule has 2 aromatic rings. The van der Waals surface area contributed by atoms with Crippen LogP contribution in [0.25, 0.3) is 0 Å². The van der Waals surface area contributed by atoms with Crippen LogP contribution in [0.1, 0.15) is 24.9 Å². The molecule has 1 aromatic heterocycles. The van der Waals surface area contributed by atoms with Crippen LogP contribution < -0.4 is 4.90 Å². The average molecular weight is 330 g/mol. The van der Waals surface area contributed by atoms with Crippen LogP contribution in [0.3, 0.4) is 0 Å². The maximum Gasteiger partial charge on any atom is 0.223 e. The van der Waals surface area contributed by atoms with Gasteiger partial charge in [-0.2, -0.15) is 0 Å². The summed E-state index contributed by atoms with van der Waals surface area (Å²) in [4.78, 5) is 23.9. The molecule has 1 unspecified atom stereocenters. The standard InChI is InChI=1S/C18H23FN4O/c1-13-11-20-17(21-13)6-7-18(24)23-9-8-22(12-14(23)2)16-5-3-4-15(19)10-16/h3-5,10-11,14H,6-9,12H2,1-2H3,(H,20,21). The number of aromatic nitrogens is 2. The van der Waals surface area contributed by atoms with Crippen molar-refractivity contribution in [3.8, 4) is 0 Å². The zero-order valence-corrected chi connectivity index (χ0v) is 14.1. The summed E-state index contributed by atoms with van der Waals surface area (Å²) in [5, 5.41) is 0. The van der Waals surface area contributed by atoms with Gasteiger partial charge < -0.3 is 14.8 Å². The Hall–Kier alpha value is -2.37. The van der Waals surface area contributed by atoms with Gasteiger partial charge in [-0.15, -0.1) is 0 Å². The fourth-order valence-corrected chi connectivity index (χ4v) is 3.20. The zero-order chi connectivity index (χ0) is 17.1. The predicted molar refractivity (Wildman–Crippen MR) is 91.4 cm³/mol. The van der Waals surface area contributed by atoms with E-state index in [1.54, 1.807) is 18.3 Å². The van der Waals surface area contributed by atoms with Gasteiger partial charge >= 0.3 is 0 Å². The van der Waals surface area contributed by atoms with Gasteiger partial charge in [-0.05, 0) is 32.0 Å². The number of aromatic amines is 1. The number of aryl methyl sites for hydroxylation is 2. The first kappa shape index (κ1) is 16.5. The number of amides is 1. The fourth-order valence-electron chi connectivity index (χ4n) is 3.20. The van der Waals surface area contributed by atoms with Crippen LogP contribution in [0.15, 0.2) is 30.5 Å². The van der Waals surface area contributed by atoms with E-state index in [0.29, 0.717) is 19.4 Å². The van der Waals surface area contributed by atoms with Crippen LogP contribution in [0.5, 0.6) is 0 Å². The number of carbonyl (C=O) groups is 1. The van der Waals surface area contributed by atoms with Gasteiger partial charge in [-0.25, -0.2) is 9.37 Å². The van der Waals surface area contributed by atoms with Crippen molar-refractivity contribution in [3.05, 3.63) is 47.8 Å². The van der Waals surface area contributed by atoms with Gasteiger partial charge in [0.05, 0.1) is 0 Å². The Morgan fingerprint density at radius 3 is 2.92 bits per heavy atom. The molecule has 0 spiro atoms. The second-order valence-corrected chi connectivity index (χ2v) is 6.37. The average Bonchev–Trinajstić information content (AvgIpc) is 2.98. The highest BCUT2D eigenvalue weighted by molar-refractivity contribution is 5.77. The third kappa shape index (κ3) is 3.75. The van der Waals surface area contributed by atoms with E-state index in [9.17, 15) is 9.18 Å². The Morgan fingerprint density at radius 1 is 1.42 bits per heavy atom. The Balaban J connectivity index is 1.56. The molecule has 24 heavy (non-hydrogen) atoms. The zero-order valence-electron chi connectivity index (χ0n) is 14.1. The third-order valence-electron chi connectivity index (χ3n) is 4.45. The highest BCUT2D eigenvalue weighted by atomic mass is 19.1. The van der Waals surface area contributed by atoms with Crippen molar-refractivity contribution in [3.63, 3.8) is 0 Å². The third-order valence-corrected chi connectivity index (χ3v) is 4.45. The Bertz CT molecular complexity index is 715. The minimum Gasteiger partial charge on any atom is -0.368 e. The van der Waals surface area contributed by atoms with E-state index in [1.165, 1.54) is 6.07 Å². The summed E-state index contributed by atoms with van der Waals surface area (Å²) >= 11 is 0. The summed E-state index contributed by atoms with van der Waals surface area (Å²) in [6.07, 6.45) is 2.86. The fraction of sp³-hybridized carbons (Fsp3) is 0.444. The molecular weight excluding hydrogens is 307 g/mol. The number of hydrogen-bond acceptors (Lipinski definition) is 3. The normalized spacial score (nSPS) is 18.0. The molecule has 1 aliphatic rings. The molecule has 1 N–H and O–H groups in total. The molecule has 1 saturated heterocycles. The molecule has 1 amide bonds. The molecule has 6 heteroatoms. The van der Waals surface area contributed by atoms with Gasteiger partial charge in [0.2, 0.25) is 5.91 Å². The number of benzene rings is 1. The van der Waals surface area contributed by atoms with E-state index < -0.39 is 0 Å². The van der Waals surface area contributed by atoms with E-state index in [2.05, 4.69) is 14.9 Å². The molecular formula is C18H23FN4O. The van der Waals surface area contributed by atoms with Crippen LogP contribution in [0, 0.1) is 12.7 Å². The maximum absolute atomic E-state index is 13.4. The predicted octanol–water partition coefficient (Wildman–Crippen LogP) is 2.53. The first-order valence-electron chi connectivity index (χ1n) is 8.33. The van der Waals surface area contributed by atoms with Crippen LogP contribution in [0.4, 0.5) is 10.1 Å². The van der Waals surface area contributed by atoms with Crippen LogP contribution in [-0.4, -0.2) is 46.5 Å². The molecule has 3 rings (SSSR count). The highest BCUT2D eigenvalue weighted by Gasteiger charge is 2.27. The van der Waals surface area contributed by atoms with E-state index in [0.717, 1.165) is 30.3 Å². The van der Waals surface area contributed by atoms with Crippen molar-refractivity contribution in [1.82, 2.24) is 14.9 Å². The molecule has 0 radical (unpaired) electrons. The Kier molecular flexibility index (Phi) is 4.83. The number of piperazine rings is 1. The van der Waals surface area contributed by atoms with E-state index in [4.69, 9.17) is 0 Å². The summed E-state index contributed by atoms with van der Waals surface area (Å²) in [5.41, 5.74) is 1.88. The smallest absolute Gasteiger partial charge is 0.223 e. The summed E-state index contributed by atoms with van der Waals surface area (Å²) in [5.74, 6) is 0.773. The topological polar surface area (TPSA) is 52.2 Å². The molecule has 0 aliphatic carbocycles. The number of H-pyrrole nitrogens is 1. The van der Waals surface area contributed by atoms with Crippen molar-refractivity contribution >= 4 is 11.6 Å². The summed E-state index contributed by atoms with van der Waals surface area (Å²) in [6, 6.07) is 6.73. The number of nitrogens with one attached hydrogen (secondary N) is 1. The SMILES string of the molecule is Cc1cnc(CCC(=O)N2CCN(c3cccc(F)c3)CC2C)[nH]1. The lowest BCUT2D eigenvalue weighted by atomic mass is 10.1. The number of rotatable bonds is 4. The van der Waals surface area contributed by atoms with Crippen LogP contribution >= 0.6 is 0 Å². The number of nitrogens with zero attached hydrogens (tertiary/aromatic N) is 3. The van der Waals surface area contributed by atoms with Crippen molar-refractivity contribution in [2.75, 3.05) is 24.5 Å². The van der Waals surface area contributed by atoms with Gasteiger partial charge in [0.15, 0.2) is 0 Å². The molecule has 0 saturated carbocycles. The van der Waals surface area contributed by atoms with Gasteiger partial charge in [-0.1, -0.05) is 6.07 Å². The molecule has 0 bridgehead atoms. The highest BCUT2D eigenvalue weighted by Crippen LogP contribution is 2.20.